The zero-order valence-corrected chi connectivity index (χ0v) is 19.1. The molecule has 8 heteroatoms. The molecule has 1 saturated heterocycles. The van der Waals surface area contributed by atoms with Gasteiger partial charge in [-0.3, -0.25) is 14.5 Å². The number of methoxy groups -OCH3 is 1. The van der Waals surface area contributed by atoms with E-state index in [2.05, 4.69) is 4.90 Å². The fraction of sp³-hybridized carbons (Fsp3) is 0.360. The van der Waals surface area contributed by atoms with Crippen LogP contribution in [0.25, 0.3) is 11.0 Å². The number of fused-ring (bicyclic) bond motifs is 2. The molecule has 0 aliphatic carbocycles. The summed E-state index contributed by atoms with van der Waals surface area (Å²) in [6, 6.07) is 11.8. The lowest BCUT2D eigenvalue weighted by Crippen LogP contribution is -2.38. The lowest BCUT2D eigenvalue weighted by molar-refractivity contribution is 0.0353. The molecule has 2 aliphatic rings. The highest BCUT2D eigenvalue weighted by atomic mass is 35.5. The second kappa shape index (κ2) is 9.17. The van der Waals surface area contributed by atoms with Gasteiger partial charge in [0, 0.05) is 31.2 Å². The van der Waals surface area contributed by atoms with Gasteiger partial charge in [0.1, 0.15) is 11.3 Å². The molecule has 0 radical (unpaired) electrons. The van der Waals surface area contributed by atoms with E-state index in [0.717, 1.165) is 44.8 Å². The number of carbonyl (C=O) groups excluding carboxylic acids is 1. The first-order chi connectivity index (χ1) is 16.1. The highest BCUT2D eigenvalue weighted by Crippen LogP contribution is 2.38. The van der Waals surface area contributed by atoms with Crippen molar-refractivity contribution in [3.63, 3.8) is 0 Å². The van der Waals surface area contributed by atoms with Crippen LogP contribution in [0.4, 0.5) is 0 Å². The summed E-state index contributed by atoms with van der Waals surface area (Å²) in [5.41, 5.74) is 1.34. The van der Waals surface area contributed by atoms with Gasteiger partial charge < -0.3 is 18.8 Å². The maximum atomic E-state index is 13.5. The summed E-state index contributed by atoms with van der Waals surface area (Å²) in [4.78, 5) is 31.1. The van der Waals surface area contributed by atoms with Crippen LogP contribution in [-0.4, -0.2) is 62.2 Å². The van der Waals surface area contributed by atoms with Gasteiger partial charge in [-0.1, -0.05) is 23.7 Å². The Kier molecular flexibility index (Phi) is 6.10. The quantitative estimate of drug-likeness (QED) is 0.549. The van der Waals surface area contributed by atoms with Crippen LogP contribution in [0, 0.1) is 0 Å². The predicted octanol–water partition coefficient (Wildman–Crippen LogP) is 3.72. The maximum absolute atomic E-state index is 13.5. The van der Waals surface area contributed by atoms with E-state index >= 15 is 0 Å². The summed E-state index contributed by atoms with van der Waals surface area (Å²) in [7, 11) is 1.60. The largest absolute Gasteiger partial charge is 0.497 e. The van der Waals surface area contributed by atoms with Gasteiger partial charge in [0.15, 0.2) is 5.43 Å². The van der Waals surface area contributed by atoms with Crippen molar-refractivity contribution in [2.24, 2.45) is 0 Å². The predicted molar refractivity (Wildman–Crippen MR) is 125 cm³/mol. The molecule has 33 heavy (non-hydrogen) atoms. The van der Waals surface area contributed by atoms with Gasteiger partial charge in [0.2, 0.25) is 5.76 Å². The number of morpholine rings is 1. The van der Waals surface area contributed by atoms with Gasteiger partial charge in [-0.05, 0) is 42.3 Å². The molecule has 172 valence electrons. The number of ether oxygens (including phenoxy) is 2. The molecule has 0 saturated carbocycles. The number of amides is 1. The average Bonchev–Trinajstić information content (AvgIpc) is 3.12. The number of hydrogen-bond acceptors (Lipinski definition) is 6. The minimum Gasteiger partial charge on any atom is -0.497 e. The van der Waals surface area contributed by atoms with Crippen LogP contribution in [0.5, 0.6) is 5.75 Å². The van der Waals surface area contributed by atoms with E-state index in [0.29, 0.717) is 33.8 Å². The van der Waals surface area contributed by atoms with E-state index in [1.165, 1.54) is 0 Å². The molecule has 0 spiro atoms. The maximum Gasteiger partial charge on any atom is 0.290 e. The first-order valence-electron chi connectivity index (χ1n) is 11.1. The van der Waals surface area contributed by atoms with Gasteiger partial charge in [-0.15, -0.1) is 0 Å². The fourth-order valence-corrected chi connectivity index (χ4v) is 4.82. The number of carbonyl (C=O) groups is 1. The molecule has 2 aromatic carbocycles. The van der Waals surface area contributed by atoms with Crippen LogP contribution in [0.15, 0.2) is 51.7 Å². The van der Waals surface area contributed by atoms with Crippen molar-refractivity contribution < 1.29 is 18.7 Å². The highest BCUT2D eigenvalue weighted by Gasteiger charge is 2.42. The van der Waals surface area contributed by atoms with E-state index in [-0.39, 0.29) is 17.1 Å². The Morgan fingerprint density at radius 3 is 2.55 bits per heavy atom. The van der Waals surface area contributed by atoms with Gasteiger partial charge >= 0.3 is 0 Å². The monoisotopic (exact) mass is 468 g/mol. The Morgan fingerprint density at radius 2 is 1.82 bits per heavy atom. The molecule has 7 nitrogen and oxygen atoms in total. The summed E-state index contributed by atoms with van der Waals surface area (Å²) in [5, 5.41) is 0.824. The van der Waals surface area contributed by atoms with Gasteiger partial charge in [0.25, 0.3) is 5.91 Å². The fourth-order valence-electron chi connectivity index (χ4n) is 4.65. The number of rotatable bonds is 6. The second-order valence-electron chi connectivity index (χ2n) is 8.30. The molecule has 3 aromatic rings. The summed E-state index contributed by atoms with van der Waals surface area (Å²) in [6.07, 6.45) is 0.784. The van der Waals surface area contributed by atoms with Crippen LogP contribution in [0.3, 0.4) is 0 Å². The Morgan fingerprint density at radius 1 is 1.06 bits per heavy atom. The average molecular weight is 469 g/mol. The van der Waals surface area contributed by atoms with Gasteiger partial charge in [-0.2, -0.15) is 0 Å². The molecule has 1 aromatic heterocycles. The third kappa shape index (κ3) is 4.12. The van der Waals surface area contributed by atoms with Crippen molar-refractivity contribution in [3.8, 4) is 5.75 Å². The topological polar surface area (TPSA) is 72.2 Å². The molecule has 2 aliphatic heterocycles. The molecule has 0 bridgehead atoms. The van der Waals surface area contributed by atoms with E-state index in [1.54, 1.807) is 30.2 Å². The lowest BCUT2D eigenvalue weighted by atomic mass is 9.98. The standard InChI is InChI=1S/C25H25ClN2O5/c1-31-18-6-3-16(4-7-18)22-21-23(29)19-15-17(26)5-8-20(19)33-24(21)25(30)28(22)10-2-9-27-11-13-32-14-12-27/h3-8,15,22H,2,9-14H2,1H3/t22-/m1/s1. The lowest BCUT2D eigenvalue weighted by Gasteiger charge is -2.29. The van der Waals surface area contributed by atoms with Crippen LogP contribution >= 0.6 is 11.6 Å². The minimum absolute atomic E-state index is 0.113. The molecule has 0 N–H and O–H groups in total. The SMILES string of the molecule is COc1ccc([C@@H]2c3c(oc4ccc(Cl)cc4c3=O)C(=O)N2CCCN2CCOCC2)cc1. The summed E-state index contributed by atoms with van der Waals surface area (Å²) in [6.45, 7) is 4.61. The molecular weight excluding hydrogens is 444 g/mol. The number of nitrogens with zero attached hydrogens (tertiary/aromatic N) is 2. The van der Waals surface area contributed by atoms with Crippen molar-refractivity contribution >= 4 is 28.5 Å². The van der Waals surface area contributed by atoms with Crippen molar-refractivity contribution in [1.29, 1.82) is 0 Å². The third-order valence-electron chi connectivity index (χ3n) is 6.34. The number of hydrogen-bond donors (Lipinski definition) is 0. The minimum atomic E-state index is -0.525. The molecule has 1 amide bonds. The molecular formula is C25H25ClN2O5. The van der Waals surface area contributed by atoms with Crippen LogP contribution in [0.2, 0.25) is 5.02 Å². The van der Waals surface area contributed by atoms with Crippen LogP contribution in [0.1, 0.15) is 34.1 Å². The first-order valence-corrected chi connectivity index (χ1v) is 11.5. The van der Waals surface area contributed by atoms with E-state index in [9.17, 15) is 9.59 Å². The second-order valence-corrected chi connectivity index (χ2v) is 8.73. The zero-order valence-electron chi connectivity index (χ0n) is 18.4. The van der Waals surface area contributed by atoms with E-state index in [4.69, 9.17) is 25.5 Å². The van der Waals surface area contributed by atoms with E-state index < -0.39 is 6.04 Å². The van der Waals surface area contributed by atoms with Gasteiger partial charge in [0.05, 0.1) is 37.3 Å². The molecule has 3 heterocycles. The number of benzene rings is 2. The normalized spacial score (nSPS) is 18.7. The number of halogens is 1. The summed E-state index contributed by atoms with van der Waals surface area (Å²) in [5.74, 6) is 0.559. The Labute approximate surface area is 196 Å². The highest BCUT2D eigenvalue weighted by molar-refractivity contribution is 6.31. The van der Waals surface area contributed by atoms with Crippen molar-refractivity contribution in [3.05, 3.63) is 74.6 Å². The molecule has 1 fully saturated rings. The Bertz CT molecular complexity index is 1230. The molecule has 5 rings (SSSR count). The smallest absolute Gasteiger partial charge is 0.290 e. The Hall–Kier alpha value is -2.87. The molecule has 1 atom stereocenters. The molecule has 0 unspecified atom stereocenters. The summed E-state index contributed by atoms with van der Waals surface area (Å²) >= 11 is 6.14. The zero-order chi connectivity index (χ0) is 22.9. The summed E-state index contributed by atoms with van der Waals surface area (Å²) < 4.78 is 16.7. The van der Waals surface area contributed by atoms with Gasteiger partial charge in [-0.25, -0.2) is 0 Å². The Balaban J connectivity index is 1.53. The van der Waals surface area contributed by atoms with Crippen LogP contribution in [-0.2, 0) is 4.74 Å². The van der Waals surface area contributed by atoms with Crippen molar-refractivity contribution in [2.45, 2.75) is 12.5 Å². The first kappa shape index (κ1) is 21.9. The third-order valence-corrected chi connectivity index (χ3v) is 6.57. The van der Waals surface area contributed by atoms with E-state index in [1.807, 2.05) is 24.3 Å². The van der Waals surface area contributed by atoms with Crippen LogP contribution < -0.4 is 10.2 Å². The van der Waals surface area contributed by atoms with Crippen molar-refractivity contribution in [2.75, 3.05) is 46.5 Å². The van der Waals surface area contributed by atoms with Crippen molar-refractivity contribution in [1.82, 2.24) is 9.80 Å².